The van der Waals surface area contributed by atoms with E-state index in [-0.39, 0.29) is 0 Å². The summed E-state index contributed by atoms with van der Waals surface area (Å²) in [5.41, 5.74) is 8.36. The number of hydrogen-bond donors (Lipinski definition) is 1. The molecule has 3 nitrogen and oxygen atoms in total. The lowest BCUT2D eigenvalue weighted by Crippen LogP contribution is -2.45. The summed E-state index contributed by atoms with van der Waals surface area (Å²) in [4.78, 5) is 6.87. The molecule has 0 aromatic carbocycles. The number of aryl methyl sites for hydroxylation is 1. The first-order chi connectivity index (χ1) is 8.20. The molecule has 3 heteroatoms. The zero-order valence-electron chi connectivity index (χ0n) is 10.9. The molecule has 1 saturated heterocycles. The molecule has 0 spiro atoms. The van der Waals surface area contributed by atoms with Gasteiger partial charge in [0.05, 0.1) is 0 Å². The van der Waals surface area contributed by atoms with Crippen molar-refractivity contribution in [2.45, 2.75) is 39.3 Å². The molecule has 0 amide bonds. The predicted molar refractivity (Wildman–Crippen MR) is 70.6 cm³/mol. The van der Waals surface area contributed by atoms with Crippen molar-refractivity contribution >= 4 is 0 Å². The summed E-state index contributed by atoms with van der Waals surface area (Å²) in [7, 11) is 0. The second kappa shape index (κ2) is 5.61. The highest BCUT2D eigenvalue weighted by molar-refractivity contribution is 5.18. The van der Waals surface area contributed by atoms with Gasteiger partial charge in [0.25, 0.3) is 0 Å². The minimum atomic E-state index is 0.540. The Bertz CT molecular complexity index is 364. The van der Waals surface area contributed by atoms with E-state index in [1.807, 2.05) is 12.3 Å². The Morgan fingerprint density at radius 1 is 1.53 bits per heavy atom. The Hall–Kier alpha value is -0.930. The van der Waals surface area contributed by atoms with Crippen LogP contribution in [0.25, 0.3) is 0 Å². The molecule has 2 rings (SSSR count). The second-order valence-corrected chi connectivity index (χ2v) is 5.24. The van der Waals surface area contributed by atoms with Gasteiger partial charge in [-0.2, -0.15) is 0 Å². The van der Waals surface area contributed by atoms with Crippen LogP contribution in [0, 0.1) is 12.8 Å². The molecule has 0 aliphatic carbocycles. The third-order valence-electron chi connectivity index (χ3n) is 3.86. The van der Waals surface area contributed by atoms with Crippen LogP contribution in [-0.2, 0) is 6.54 Å². The molecule has 17 heavy (non-hydrogen) atoms. The van der Waals surface area contributed by atoms with E-state index in [1.54, 1.807) is 0 Å². The average Bonchev–Trinajstić information content (AvgIpc) is 2.34. The van der Waals surface area contributed by atoms with Gasteiger partial charge in [-0.3, -0.25) is 9.88 Å². The largest absolute Gasteiger partial charge is 0.329 e. The van der Waals surface area contributed by atoms with Gasteiger partial charge >= 0.3 is 0 Å². The van der Waals surface area contributed by atoms with Crippen molar-refractivity contribution in [3.63, 3.8) is 0 Å². The maximum Gasteiger partial charge on any atom is 0.0417 e. The first-order valence-corrected chi connectivity index (χ1v) is 6.55. The number of nitrogens with two attached hydrogens (primary N) is 1. The van der Waals surface area contributed by atoms with Gasteiger partial charge in [0.2, 0.25) is 0 Å². The van der Waals surface area contributed by atoms with Crippen LogP contribution >= 0.6 is 0 Å². The molecule has 0 saturated carbocycles. The molecular formula is C14H23N3. The summed E-state index contributed by atoms with van der Waals surface area (Å²) < 4.78 is 0. The Kier molecular flexibility index (Phi) is 4.13. The van der Waals surface area contributed by atoms with Crippen molar-refractivity contribution in [1.29, 1.82) is 0 Å². The third kappa shape index (κ3) is 3.05. The van der Waals surface area contributed by atoms with Crippen molar-refractivity contribution in [3.8, 4) is 0 Å². The Labute approximate surface area is 104 Å². The van der Waals surface area contributed by atoms with Crippen LogP contribution in [0.4, 0.5) is 0 Å². The molecule has 2 unspecified atom stereocenters. The van der Waals surface area contributed by atoms with Crippen LogP contribution in [-0.4, -0.2) is 29.0 Å². The van der Waals surface area contributed by atoms with Gasteiger partial charge in [-0.25, -0.2) is 0 Å². The van der Waals surface area contributed by atoms with Gasteiger partial charge < -0.3 is 5.73 Å². The molecule has 2 heterocycles. The van der Waals surface area contributed by atoms with E-state index >= 15 is 0 Å². The number of piperidine rings is 1. The molecule has 1 fully saturated rings. The van der Waals surface area contributed by atoms with E-state index in [0.717, 1.165) is 31.2 Å². The average molecular weight is 233 g/mol. The number of likely N-dealkylation sites (tertiary alicyclic amines) is 1. The van der Waals surface area contributed by atoms with E-state index in [2.05, 4.69) is 29.8 Å². The van der Waals surface area contributed by atoms with Crippen molar-refractivity contribution in [2.75, 3.05) is 13.1 Å². The fourth-order valence-electron chi connectivity index (χ4n) is 2.66. The number of hydrogen-bond acceptors (Lipinski definition) is 3. The molecule has 1 aliphatic heterocycles. The van der Waals surface area contributed by atoms with Gasteiger partial charge in [-0.05, 0) is 43.9 Å². The monoisotopic (exact) mass is 233 g/mol. The molecule has 1 aliphatic rings. The molecular weight excluding hydrogens is 210 g/mol. The second-order valence-electron chi connectivity index (χ2n) is 5.24. The van der Waals surface area contributed by atoms with Crippen LogP contribution in [0.15, 0.2) is 18.3 Å². The topological polar surface area (TPSA) is 42.2 Å². The summed E-state index contributed by atoms with van der Waals surface area (Å²) in [5, 5.41) is 0. The third-order valence-corrected chi connectivity index (χ3v) is 3.86. The molecule has 1 aromatic rings. The molecule has 1 aromatic heterocycles. The van der Waals surface area contributed by atoms with Gasteiger partial charge in [0, 0.05) is 31.0 Å². The van der Waals surface area contributed by atoms with E-state index < -0.39 is 0 Å². The summed E-state index contributed by atoms with van der Waals surface area (Å²) in [6, 6.07) is 4.73. The van der Waals surface area contributed by atoms with E-state index in [0.29, 0.717) is 6.04 Å². The first-order valence-electron chi connectivity index (χ1n) is 6.55. The Morgan fingerprint density at radius 3 is 3.06 bits per heavy atom. The highest BCUT2D eigenvalue weighted by Crippen LogP contribution is 2.23. The van der Waals surface area contributed by atoms with Crippen molar-refractivity contribution in [3.05, 3.63) is 29.6 Å². The molecule has 2 N–H and O–H groups in total. The van der Waals surface area contributed by atoms with Crippen LogP contribution in [0.3, 0.4) is 0 Å². The van der Waals surface area contributed by atoms with Crippen LogP contribution < -0.4 is 5.73 Å². The smallest absolute Gasteiger partial charge is 0.0417 e. The zero-order chi connectivity index (χ0) is 12.3. The Morgan fingerprint density at radius 2 is 2.35 bits per heavy atom. The number of rotatable bonds is 3. The van der Waals surface area contributed by atoms with E-state index in [1.165, 1.54) is 18.4 Å². The fraction of sp³-hybridized carbons (Fsp3) is 0.643. The lowest BCUT2D eigenvalue weighted by molar-refractivity contribution is 0.115. The normalized spacial score (nSPS) is 26.1. The van der Waals surface area contributed by atoms with Crippen LogP contribution in [0.5, 0.6) is 0 Å². The standard InChI is InChI=1S/C14H23N3/c1-11-5-7-17(14(8-11)9-15)10-13-4-3-6-16-12(13)2/h3-4,6,11,14H,5,7-10,15H2,1-2H3. The van der Waals surface area contributed by atoms with Crippen molar-refractivity contribution in [1.82, 2.24) is 9.88 Å². The predicted octanol–water partition coefficient (Wildman–Crippen LogP) is 1.95. The van der Waals surface area contributed by atoms with Crippen LogP contribution in [0.1, 0.15) is 31.0 Å². The van der Waals surface area contributed by atoms with Crippen LogP contribution in [0.2, 0.25) is 0 Å². The number of aromatic nitrogens is 1. The van der Waals surface area contributed by atoms with E-state index in [4.69, 9.17) is 5.73 Å². The van der Waals surface area contributed by atoms with Gasteiger partial charge in [-0.15, -0.1) is 0 Å². The summed E-state index contributed by atoms with van der Waals surface area (Å²) >= 11 is 0. The summed E-state index contributed by atoms with van der Waals surface area (Å²) in [6.07, 6.45) is 4.38. The summed E-state index contributed by atoms with van der Waals surface area (Å²) in [5.74, 6) is 0.815. The van der Waals surface area contributed by atoms with Crippen molar-refractivity contribution in [2.24, 2.45) is 11.7 Å². The minimum Gasteiger partial charge on any atom is -0.329 e. The quantitative estimate of drug-likeness (QED) is 0.867. The first kappa shape index (κ1) is 12.5. The maximum atomic E-state index is 5.89. The fourth-order valence-corrected chi connectivity index (χ4v) is 2.66. The van der Waals surface area contributed by atoms with Gasteiger partial charge in [0.15, 0.2) is 0 Å². The lowest BCUT2D eigenvalue weighted by atomic mass is 9.92. The lowest BCUT2D eigenvalue weighted by Gasteiger charge is -2.38. The SMILES string of the molecule is Cc1ncccc1CN1CCC(C)CC1CN. The molecule has 0 radical (unpaired) electrons. The highest BCUT2D eigenvalue weighted by Gasteiger charge is 2.25. The maximum absolute atomic E-state index is 5.89. The number of pyridine rings is 1. The van der Waals surface area contributed by atoms with Crippen molar-refractivity contribution < 1.29 is 0 Å². The molecule has 2 atom stereocenters. The summed E-state index contributed by atoms with van der Waals surface area (Å²) in [6.45, 7) is 7.34. The van der Waals surface area contributed by atoms with Gasteiger partial charge in [0.1, 0.15) is 0 Å². The van der Waals surface area contributed by atoms with E-state index in [9.17, 15) is 0 Å². The highest BCUT2D eigenvalue weighted by atomic mass is 15.2. The molecule has 0 bridgehead atoms. The van der Waals surface area contributed by atoms with Gasteiger partial charge in [-0.1, -0.05) is 13.0 Å². The molecule has 94 valence electrons. The Balaban J connectivity index is 2.05. The number of nitrogens with zero attached hydrogens (tertiary/aromatic N) is 2. The zero-order valence-corrected chi connectivity index (χ0v) is 10.9. The minimum absolute atomic E-state index is 0.540.